The number of carbonyl (C=O) groups is 3. The van der Waals surface area contributed by atoms with Gasteiger partial charge in [0.2, 0.25) is 0 Å². The first-order valence-corrected chi connectivity index (χ1v) is 34.2. The van der Waals surface area contributed by atoms with Gasteiger partial charge in [-0.05, 0) is 96.3 Å². The fraction of sp³-hybridized carbons (Fsp3) is 0.743. The number of ether oxygens (including phenoxy) is 3. The topological polar surface area (TPSA) is 78.9 Å². The molecule has 6 heteroatoms. The van der Waals surface area contributed by atoms with Crippen molar-refractivity contribution in [3.05, 3.63) is 97.2 Å². The predicted molar refractivity (Wildman–Crippen MR) is 348 cm³/mol. The summed E-state index contributed by atoms with van der Waals surface area (Å²) in [6, 6.07) is 0. The summed E-state index contributed by atoms with van der Waals surface area (Å²) in [7, 11) is 0. The van der Waals surface area contributed by atoms with E-state index in [4.69, 9.17) is 14.2 Å². The summed E-state index contributed by atoms with van der Waals surface area (Å²) in [5.74, 6) is -0.882. The van der Waals surface area contributed by atoms with E-state index in [0.717, 1.165) is 116 Å². The van der Waals surface area contributed by atoms with Crippen molar-refractivity contribution in [3.63, 3.8) is 0 Å². The van der Waals surface area contributed by atoms with Gasteiger partial charge in [0.25, 0.3) is 0 Å². The molecule has 0 aromatic carbocycles. The second kappa shape index (κ2) is 67.8. The molecule has 0 saturated carbocycles. The lowest BCUT2D eigenvalue weighted by Crippen LogP contribution is -2.30. The summed E-state index contributed by atoms with van der Waals surface area (Å²) in [6.45, 7) is 6.45. The van der Waals surface area contributed by atoms with E-state index in [0.29, 0.717) is 19.3 Å². The van der Waals surface area contributed by atoms with Crippen LogP contribution in [0.4, 0.5) is 0 Å². The SMILES string of the molecule is CC/C=C\C/C=C\C/C=C\C/C=C\CCCCCCCCCCCCC(=O)OCC(COC(=O)CCCCCCCC/C=C\C/C=C\C/C=C\C/C=C\CC)OC(=O)CCCCCCCCCCCCCCCCCCCCCC. The van der Waals surface area contributed by atoms with Crippen LogP contribution in [0.5, 0.6) is 0 Å². The summed E-state index contributed by atoms with van der Waals surface area (Å²) in [4.78, 5) is 38.5. The molecule has 0 radical (unpaired) electrons. The number of hydrogen-bond acceptors (Lipinski definition) is 6. The third kappa shape index (κ3) is 65.1. The zero-order chi connectivity index (χ0) is 57.8. The van der Waals surface area contributed by atoms with Crippen LogP contribution in [0.25, 0.3) is 0 Å². The van der Waals surface area contributed by atoms with Crippen molar-refractivity contribution in [2.45, 2.75) is 341 Å². The smallest absolute Gasteiger partial charge is 0.306 e. The Morgan fingerprint density at radius 1 is 0.263 bits per heavy atom. The van der Waals surface area contributed by atoms with Gasteiger partial charge in [-0.25, -0.2) is 0 Å². The van der Waals surface area contributed by atoms with Crippen molar-refractivity contribution < 1.29 is 28.6 Å². The summed E-state index contributed by atoms with van der Waals surface area (Å²) in [6.07, 6.45) is 91.3. The van der Waals surface area contributed by atoms with Gasteiger partial charge in [0.1, 0.15) is 13.2 Å². The van der Waals surface area contributed by atoms with Crippen molar-refractivity contribution >= 4 is 17.9 Å². The summed E-state index contributed by atoms with van der Waals surface area (Å²) in [5, 5.41) is 0. The van der Waals surface area contributed by atoms with E-state index in [1.807, 2.05) is 0 Å². The van der Waals surface area contributed by atoms with Crippen LogP contribution in [0.15, 0.2) is 97.2 Å². The Hall–Kier alpha value is -3.67. The molecule has 0 aliphatic rings. The third-order valence-corrected chi connectivity index (χ3v) is 14.8. The number of esters is 3. The molecule has 0 heterocycles. The van der Waals surface area contributed by atoms with E-state index in [1.54, 1.807) is 0 Å². The molecule has 0 rings (SSSR count). The van der Waals surface area contributed by atoms with Crippen molar-refractivity contribution in [1.82, 2.24) is 0 Å². The standard InChI is InChI=1S/C74H128O6/c1-4-7-10-13-16-19-22-25-28-31-34-36-37-38-41-43-46-49-52-55-58-61-64-67-73(76)79-70-71(69-78-72(75)66-63-60-57-54-51-48-45-42-39-33-30-27-24-21-18-15-12-9-6-3)80-74(77)68-65-62-59-56-53-50-47-44-40-35-32-29-26-23-20-17-14-11-8-5-2/h7,9-10,12,16,18-19,21,25,27-28,30,34,36,39,42,71H,4-6,8,11,13-15,17,20,22-24,26,29,31-33,35,37-38,40-41,43-70H2,1-3H3/b10-7-,12-9-,19-16-,21-18-,28-25-,30-27-,36-34-,42-39-. The van der Waals surface area contributed by atoms with Gasteiger partial charge in [0.15, 0.2) is 6.10 Å². The molecule has 460 valence electrons. The van der Waals surface area contributed by atoms with Crippen LogP contribution in [-0.4, -0.2) is 37.2 Å². The fourth-order valence-electron chi connectivity index (χ4n) is 9.78. The molecule has 80 heavy (non-hydrogen) atoms. The molecule has 6 nitrogen and oxygen atoms in total. The molecule has 0 aliphatic carbocycles. The Labute approximate surface area is 496 Å². The Morgan fingerprint density at radius 3 is 0.762 bits per heavy atom. The first-order valence-electron chi connectivity index (χ1n) is 34.2. The normalized spacial score (nSPS) is 12.7. The number of rotatable bonds is 62. The summed E-state index contributed by atoms with van der Waals surface area (Å²) in [5.41, 5.74) is 0. The molecule has 0 aliphatic heterocycles. The molecule has 0 fully saturated rings. The number of hydrogen-bond donors (Lipinski definition) is 0. The van der Waals surface area contributed by atoms with Crippen LogP contribution in [0, 0.1) is 0 Å². The van der Waals surface area contributed by atoms with Gasteiger partial charge < -0.3 is 14.2 Å². The summed E-state index contributed by atoms with van der Waals surface area (Å²) < 4.78 is 17.0. The highest BCUT2D eigenvalue weighted by Crippen LogP contribution is 2.17. The lowest BCUT2D eigenvalue weighted by molar-refractivity contribution is -0.167. The average Bonchev–Trinajstić information content (AvgIpc) is 3.46. The Morgan fingerprint density at radius 2 is 0.487 bits per heavy atom. The average molecular weight is 1110 g/mol. The maximum atomic E-state index is 13.0. The maximum Gasteiger partial charge on any atom is 0.306 e. The van der Waals surface area contributed by atoms with Gasteiger partial charge in [-0.3, -0.25) is 14.4 Å². The van der Waals surface area contributed by atoms with Crippen LogP contribution in [0.2, 0.25) is 0 Å². The monoisotopic (exact) mass is 1110 g/mol. The lowest BCUT2D eigenvalue weighted by atomic mass is 10.0. The molecule has 0 aromatic heterocycles. The van der Waals surface area contributed by atoms with Crippen molar-refractivity contribution in [3.8, 4) is 0 Å². The minimum atomic E-state index is -0.787. The van der Waals surface area contributed by atoms with E-state index in [9.17, 15) is 14.4 Å². The Kier molecular flexibility index (Phi) is 64.7. The first kappa shape index (κ1) is 76.3. The van der Waals surface area contributed by atoms with E-state index in [-0.39, 0.29) is 31.1 Å². The molecule has 1 atom stereocenters. The van der Waals surface area contributed by atoms with Crippen LogP contribution in [0.3, 0.4) is 0 Å². The predicted octanol–water partition coefficient (Wildman–Crippen LogP) is 23.6. The molecular weight excluding hydrogens is 985 g/mol. The van der Waals surface area contributed by atoms with Crippen LogP contribution in [0.1, 0.15) is 335 Å². The number of unbranched alkanes of at least 4 members (excludes halogenated alkanes) is 35. The molecule has 0 N–H and O–H groups in total. The zero-order valence-corrected chi connectivity index (χ0v) is 52.8. The van der Waals surface area contributed by atoms with E-state index in [1.165, 1.54) is 180 Å². The highest BCUT2D eigenvalue weighted by Gasteiger charge is 2.19. The van der Waals surface area contributed by atoms with Crippen molar-refractivity contribution in [2.75, 3.05) is 13.2 Å². The van der Waals surface area contributed by atoms with Crippen LogP contribution < -0.4 is 0 Å². The highest BCUT2D eigenvalue weighted by molar-refractivity contribution is 5.71. The van der Waals surface area contributed by atoms with Gasteiger partial charge in [-0.15, -0.1) is 0 Å². The largest absolute Gasteiger partial charge is 0.462 e. The second-order valence-electron chi connectivity index (χ2n) is 22.7. The molecule has 0 spiro atoms. The Bertz CT molecular complexity index is 1560. The zero-order valence-electron chi connectivity index (χ0n) is 52.8. The maximum absolute atomic E-state index is 13.0. The van der Waals surface area contributed by atoms with E-state index < -0.39 is 6.10 Å². The highest BCUT2D eigenvalue weighted by atomic mass is 16.6. The van der Waals surface area contributed by atoms with E-state index >= 15 is 0 Å². The fourth-order valence-corrected chi connectivity index (χ4v) is 9.78. The minimum absolute atomic E-state index is 0.0819. The number of carbonyl (C=O) groups excluding carboxylic acids is 3. The van der Waals surface area contributed by atoms with Gasteiger partial charge >= 0.3 is 17.9 Å². The Balaban J connectivity index is 4.38. The molecule has 0 bridgehead atoms. The molecule has 0 saturated heterocycles. The number of allylic oxidation sites excluding steroid dienone is 16. The van der Waals surface area contributed by atoms with Crippen LogP contribution in [-0.2, 0) is 28.6 Å². The third-order valence-electron chi connectivity index (χ3n) is 14.8. The van der Waals surface area contributed by atoms with Gasteiger partial charge in [-0.1, -0.05) is 317 Å². The van der Waals surface area contributed by atoms with Gasteiger partial charge in [0, 0.05) is 19.3 Å². The quantitative estimate of drug-likeness (QED) is 0.0261. The van der Waals surface area contributed by atoms with E-state index in [2.05, 4.69) is 118 Å². The van der Waals surface area contributed by atoms with Gasteiger partial charge in [-0.2, -0.15) is 0 Å². The van der Waals surface area contributed by atoms with Crippen molar-refractivity contribution in [1.29, 1.82) is 0 Å². The minimum Gasteiger partial charge on any atom is -0.462 e. The molecular formula is C74H128O6. The second-order valence-corrected chi connectivity index (χ2v) is 22.7. The van der Waals surface area contributed by atoms with Gasteiger partial charge in [0.05, 0.1) is 0 Å². The van der Waals surface area contributed by atoms with Crippen molar-refractivity contribution in [2.24, 2.45) is 0 Å². The summed E-state index contributed by atoms with van der Waals surface area (Å²) >= 11 is 0. The first-order chi connectivity index (χ1) is 39.5. The van der Waals surface area contributed by atoms with Crippen LogP contribution >= 0.6 is 0 Å². The molecule has 0 amide bonds. The lowest BCUT2D eigenvalue weighted by Gasteiger charge is -2.18. The molecule has 1 unspecified atom stereocenters. The molecule has 0 aromatic rings.